The summed E-state index contributed by atoms with van der Waals surface area (Å²) in [5.41, 5.74) is 7.90. The molecule has 3 nitrogen and oxygen atoms in total. The van der Waals surface area contributed by atoms with E-state index in [1.807, 2.05) is 12.1 Å². The van der Waals surface area contributed by atoms with E-state index in [1.165, 1.54) is 44.5 Å². The lowest BCUT2D eigenvalue weighted by atomic mass is 10.1. The Bertz CT molecular complexity index is 465. The average molecular weight is 289 g/mol. The van der Waals surface area contributed by atoms with Crippen LogP contribution in [0.4, 0.5) is 5.69 Å². The van der Waals surface area contributed by atoms with Gasteiger partial charge in [-0.1, -0.05) is 18.6 Å². The van der Waals surface area contributed by atoms with Gasteiger partial charge in [0.1, 0.15) is 4.99 Å². The van der Waals surface area contributed by atoms with Gasteiger partial charge in [0.25, 0.3) is 0 Å². The standard InChI is InChI=1S/C16H23N3S/c17-16(20)13-4-6-14(7-5-13)19-11-8-15(12-19)18-9-2-1-3-10-18/h4-7,15H,1-3,8-12H2,(H2,17,20). The lowest BCUT2D eigenvalue weighted by Gasteiger charge is -2.32. The number of likely N-dealkylation sites (tertiary alicyclic amines) is 1. The Morgan fingerprint density at radius 2 is 1.75 bits per heavy atom. The fourth-order valence-electron chi connectivity index (χ4n) is 3.39. The van der Waals surface area contributed by atoms with Crippen LogP contribution in [0.2, 0.25) is 0 Å². The molecule has 0 radical (unpaired) electrons. The minimum atomic E-state index is 0.476. The van der Waals surface area contributed by atoms with Gasteiger partial charge in [0.15, 0.2) is 0 Å². The normalized spacial score (nSPS) is 24.0. The molecule has 2 aliphatic rings. The van der Waals surface area contributed by atoms with Gasteiger partial charge in [0.05, 0.1) is 0 Å². The van der Waals surface area contributed by atoms with Crippen molar-refractivity contribution < 1.29 is 0 Å². The Morgan fingerprint density at radius 1 is 1.05 bits per heavy atom. The quantitative estimate of drug-likeness (QED) is 0.866. The maximum Gasteiger partial charge on any atom is 0.103 e. The van der Waals surface area contributed by atoms with E-state index in [1.54, 1.807) is 0 Å². The first-order valence-corrected chi connectivity index (χ1v) is 8.04. The molecule has 3 rings (SSSR count). The zero-order chi connectivity index (χ0) is 13.9. The summed E-state index contributed by atoms with van der Waals surface area (Å²) in [5, 5.41) is 0. The van der Waals surface area contributed by atoms with Gasteiger partial charge in [-0.2, -0.15) is 0 Å². The van der Waals surface area contributed by atoms with Gasteiger partial charge in [0.2, 0.25) is 0 Å². The van der Waals surface area contributed by atoms with Gasteiger partial charge in [-0.3, -0.25) is 4.90 Å². The summed E-state index contributed by atoms with van der Waals surface area (Å²) in [5.74, 6) is 0. The lowest BCUT2D eigenvalue weighted by Crippen LogP contribution is -2.40. The number of piperidine rings is 1. The van der Waals surface area contributed by atoms with Crippen LogP contribution in [0.15, 0.2) is 24.3 Å². The number of thiocarbonyl (C=S) groups is 1. The summed E-state index contributed by atoms with van der Waals surface area (Å²) in [6.07, 6.45) is 5.45. The van der Waals surface area contributed by atoms with Crippen LogP contribution < -0.4 is 10.6 Å². The highest BCUT2D eigenvalue weighted by molar-refractivity contribution is 7.80. The van der Waals surface area contributed by atoms with Crippen LogP contribution in [0.25, 0.3) is 0 Å². The van der Waals surface area contributed by atoms with E-state index < -0.39 is 0 Å². The van der Waals surface area contributed by atoms with Gasteiger partial charge in [-0.05, 0) is 56.6 Å². The van der Waals surface area contributed by atoms with E-state index in [-0.39, 0.29) is 0 Å². The van der Waals surface area contributed by atoms with E-state index in [4.69, 9.17) is 18.0 Å². The monoisotopic (exact) mass is 289 g/mol. The predicted octanol–water partition coefficient (Wildman–Crippen LogP) is 2.39. The maximum atomic E-state index is 5.65. The fourth-order valence-corrected chi connectivity index (χ4v) is 3.53. The summed E-state index contributed by atoms with van der Waals surface area (Å²) in [6.45, 7) is 4.90. The number of hydrogen-bond donors (Lipinski definition) is 1. The molecule has 0 spiro atoms. The van der Waals surface area contributed by atoms with Crippen molar-refractivity contribution in [1.29, 1.82) is 0 Å². The first-order chi connectivity index (χ1) is 9.74. The van der Waals surface area contributed by atoms with Crippen molar-refractivity contribution in [2.24, 2.45) is 5.73 Å². The zero-order valence-corrected chi connectivity index (χ0v) is 12.7. The summed E-state index contributed by atoms with van der Waals surface area (Å²) in [6, 6.07) is 9.10. The van der Waals surface area contributed by atoms with Gasteiger partial charge >= 0.3 is 0 Å². The Labute approximate surface area is 126 Å². The number of benzene rings is 1. The van der Waals surface area contributed by atoms with Crippen molar-refractivity contribution in [2.45, 2.75) is 31.7 Å². The van der Waals surface area contributed by atoms with Gasteiger partial charge in [0, 0.05) is 30.4 Å². The third kappa shape index (κ3) is 2.96. The number of nitrogens with zero attached hydrogens (tertiary/aromatic N) is 2. The molecule has 0 amide bonds. The number of anilines is 1. The van der Waals surface area contributed by atoms with Gasteiger partial charge in [-0.15, -0.1) is 0 Å². The fraction of sp³-hybridized carbons (Fsp3) is 0.562. The van der Waals surface area contributed by atoms with Crippen LogP contribution in [-0.4, -0.2) is 42.1 Å². The van der Waals surface area contributed by atoms with E-state index in [0.29, 0.717) is 4.99 Å². The Kier molecular flexibility index (Phi) is 4.22. The molecule has 0 aliphatic carbocycles. The molecule has 1 aromatic carbocycles. The summed E-state index contributed by atoms with van der Waals surface area (Å²) >= 11 is 5.00. The van der Waals surface area contributed by atoms with Crippen molar-refractivity contribution in [2.75, 3.05) is 31.1 Å². The second-order valence-electron chi connectivity index (χ2n) is 5.90. The van der Waals surface area contributed by atoms with Crippen molar-refractivity contribution in [3.63, 3.8) is 0 Å². The molecule has 2 N–H and O–H groups in total. The molecule has 2 aliphatic heterocycles. The zero-order valence-electron chi connectivity index (χ0n) is 11.9. The lowest BCUT2D eigenvalue weighted by molar-refractivity contribution is 0.175. The highest BCUT2D eigenvalue weighted by Crippen LogP contribution is 2.25. The topological polar surface area (TPSA) is 32.5 Å². The molecule has 108 valence electrons. The van der Waals surface area contributed by atoms with E-state index in [0.717, 1.165) is 24.7 Å². The molecule has 1 unspecified atom stereocenters. The number of hydrogen-bond acceptors (Lipinski definition) is 3. The smallest absolute Gasteiger partial charge is 0.103 e. The van der Waals surface area contributed by atoms with Crippen molar-refractivity contribution in [3.8, 4) is 0 Å². The Balaban J connectivity index is 1.62. The maximum absolute atomic E-state index is 5.65. The van der Waals surface area contributed by atoms with E-state index in [9.17, 15) is 0 Å². The minimum absolute atomic E-state index is 0.476. The Morgan fingerprint density at radius 3 is 2.40 bits per heavy atom. The second kappa shape index (κ2) is 6.10. The molecule has 2 saturated heterocycles. The highest BCUT2D eigenvalue weighted by atomic mass is 32.1. The van der Waals surface area contributed by atoms with Crippen LogP contribution in [0, 0.1) is 0 Å². The van der Waals surface area contributed by atoms with Crippen LogP contribution in [-0.2, 0) is 0 Å². The predicted molar refractivity (Wildman–Crippen MR) is 88.4 cm³/mol. The van der Waals surface area contributed by atoms with Gasteiger partial charge < -0.3 is 10.6 Å². The SMILES string of the molecule is NC(=S)c1ccc(N2CCC(N3CCCCC3)C2)cc1. The molecule has 2 fully saturated rings. The molecule has 4 heteroatoms. The third-order valence-corrected chi connectivity index (χ3v) is 4.82. The molecule has 0 aromatic heterocycles. The summed E-state index contributed by atoms with van der Waals surface area (Å²) in [4.78, 5) is 5.65. The largest absolute Gasteiger partial charge is 0.389 e. The molecule has 1 aromatic rings. The van der Waals surface area contributed by atoms with Crippen LogP contribution in [0.5, 0.6) is 0 Å². The Hall–Kier alpha value is -1.13. The van der Waals surface area contributed by atoms with Crippen molar-refractivity contribution in [3.05, 3.63) is 29.8 Å². The first-order valence-electron chi connectivity index (χ1n) is 7.63. The third-order valence-electron chi connectivity index (χ3n) is 4.59. The molecule has 20 heavy (non-hydrogen) atoms. The molecule has 2 heterocycles. The number of rotatable bonds is 3. The average Bonchev–Trinajstić information content (AvgIpc) is 2.98. The molecule has 0 bridgehead atoms. The van der Waals surface area contributed by atoms with Crippen molar-refractivity contribution in [1.82, 2.24) is 4.90 Å². The van der Waals surface area contributed by atoms with Crippen molar-refractivity contribution >= 4 is 22.9 Å². The summed E-state index contributed by atoms with van der Waals surface area (Å²) in [7, 11) is 0. The number of nitrogens with two attached hydrogens (primary N) is 1. The molecule has 1 atom stereocenters. The summed E-state index contributed by atoms with van der Waals surface area (Å²) < 4.78 is 0. The highest BCUT2D eigenvalue weighted by Gasteiger charge is 2.28. The van der Waals surface area contributed by atoms with E-state index >= 15 is 0 Å². The van der Waals surface area contributed by atoms with Gasteiger partial charge in [-0.25, -0.2) is 0 Å². The van der Waals surface area contributed by atoms with Crippen LogP contribution >= 0.6 is 12.2 Å². The molecular formula is C16H23N3S. The molecule has 0 saturated carbocycles. The van der Waals surface area contributed by atoms with E-state index in [2.05, 4.69) is 21.9 Å². The van der Waals surface area contributed by atoms with Crippen LogP contribution in [0.3, 0.4) is 0 Å². The minimum Gasteiger partial charge on any atom is -0.389 e. The second-order valence-corrected chi connectivity index (χ2v) is 6.34. The first kappa shape index (κ1) is 13.8. The molecular weight excluding hydrogens is 266 g/mol. The van der Waals surface area contributed by atoms with Crippen LogP contribution in [0.1, 0.15) is 31.2 Å².